The fourth-order valence-electron chi connectivity index (χ4n) is 6.19. The minimum Gasteiger partial charge on any atom is -0.356 e. The third-order valence-corrected chi connectivity index (χ3v) is 8.99. The minimum absolute atomic E-state index is 0.0000489. The zero-order valence-electron chi connectivity index (χ0n) is 17.4. The third kappa shape index (κ3) is 4.71. The van der Waals surface area contributed by atoms with Crippen LogP contribution in [-0.2, 0) is 19.4 Å². The second kappa shape index (κ2) is 8.69. The Kier molecular flexibility index (Phi) is 6.19. The lowest BCUT2D eigenvalue weighted by molar-refractivity contribution is -0.146. The smallest absolute Gasteiger partial charge is 0.226 e. The molecule has 2 N–H and O–H groups in total. The molecule has 2 amide bonds. The van der Waals surface area contributed by atoms with Crippen LogP contribution in [0.5, 0.6) is 0 Å². The van der Waals surface area contributed by atoms with Crippen molar-refractivity contribution in [2.24, 2.45) is 23.2 Å². The van der Waals surface area contributed by atoms with E-state index >= 15 is 0 Å². The number of benzene rings is 1. The minimum atomic E-state index is -3.32. The molecule has 4 fully saturated rings. The summed E-state index contributed by atoms with van der Waals surface area (Å²) in [7, 11) is -3.32. The summed E-state index contributed by atoms with van der Waals surface area (Å²) in [6.45, 7) is 0.655. The van der Waals surface area contributed by atoms with E-state index in [1.807, 2.05) is 0 Å². The first-order valence-electron chi connectivity index (χ1n) is 11.2. The van der Waals surface area contributed by atoms with Crippen LogP contribution in [-0.4, -0.2) is 39.1 Å². The molecule has 0 spiro atoms. The summed E-state index contributed by atoms with van der Waals surface area (Å²) >= 11 is 0. The zero-order valence-corrected chi connectivity index (χ0v) is 18.3. The van der Waals surface area contributed by atoms with Crippen LogP contribution in [0, 0.1) is 23.2 Å². The Morgan fingerprint density at radius 1 is 0.900 bits per heavy atom. The van der Waals surface area contributed by atoms with Gasteiger partial charge in [0.1, 0.15) is 0 Å². The van der Waals surface area contributed by atoms with E-state index in [0.29, 0.717) is 24.4 Å². The molecule has 7 heteroatoms. The van der Waals surface area contributed by atoms with Gasteiger partial charge in [0, 0.05) is 24.9 Å². The van der Waals surface area contributed by atoms with Crippen molar-refractivity contribution in [1.82, 2.24) is 10.6 Å². The lowest BCUT2D eigenvalue weighted by Crippen LogP contribution is -2.53. The number of sulfone groups is 1. The Balaban J connectivity index is 1.14. The highest BCUT2D eigenvalue weighted by Crippen LogP contribution is 2.60. The van der Waals surface area contributed by atoms with Crippen LogP contribution in [0.4, 0.5) is 0 Å². The van der Waals surface area contributed by atoms with Gasteiger partial charge in [-0.3, -0.25) is 9.59 Å². The van der Waals surface area contributed by atoms with Crippen LogP contribution in [0.3, 0.4) is 0 Å². The largest absolute Gasteiger partial charge is 0.356 e. The molecular weight excluding hydrogens is 400 g/mol. The SMILES string of the molecule is O=C(CCNC(=O)C12CC3CC(CC(C3)C1)C2)NCCCS(=O)(=O)c1ccccc1. The van der Waals surface area contributed by atoms with Gasteiger partial charge in [-0.2, -0.15) is 0 Å². The highest BCUT2D eigenvalue weighted by Gasteiger charge is 2.54. The molecule has 0 saturated heterocycles. The number of rotatable bonds is 9. The molecule has 1 aromatic rings. The molecule has 5 rings (SSSR count). The van der Waals surface area contributed by atoms with Crippen molar-refractivity contribution in [2.45, 2.75) is 56.3 Å². The number of amides is 2. The van der Waals surface area contributed by atoms with E-state index < -0.39 is 9.84 Å². The van der Waals surface area contributed by atoms with Crippen molar-refractivity contribution >= 4 is 21.7 Å². The fourth-order valence-corrected chi connectivity index (χ4v) is 7.52. The Morgan fingerprint density at radius 2 is 1.50 bits per heavy atom. The third-order valence-electron chi connectivity index (χ3n) is 7.17. The van der Waals surface area contributed by atoms with Gasteiger partial charge in [-0.05, 0) is 74.8 Å². The average molecular weight is 433 g/mol. The van der Waals surface area contributed by atoms with Crippen molar-refractivity contribution in [3.8, 4) is 0 Å². The number of carbonyl (C=O) groups is 2. The molecule has 4 saturated carbocycles. The molecule has 4 aliphatic carbocycles. The predicted octanol–water partition coefficient (Wildman–Crippen LogP) is 2.69. The van der Waals surface area contributed by atoms with Gasteiger partial charge >= 0.3 is 0 Å². The van der Waals surface area contributed by atoms with Gasteiger partial charge in [0.15, 0.2) is 9.84 Å². The Hall–Kier alpha value is -1.89. The molecule has 1 aromatic carbocycles. The lowest BCUT2D eigenvalue weighted by atomic mass is 9.49. The van der Waals surface area contributed by atoms with Crippen LogP contribution < -0.4 is 10.6 Å². The van der Waals surface area contributed by atoms with Gasteiger partial charge in [0.25, 0.3) is 0 Å². The van der Waals surface area contributed by atoms with Crippen LogP contribution >= 0.6 is 0 Å². The molecule has 164 valence electrons. The second-order valence-electron chi connectivity index (χ2n) is 9.54. The first-order valence-corrected chi connectivity index (χ1v) is 12.8. The van der Waals surface area contributed by atoms with E-state index in [4.69, 9.17) is 0 Å². The van der Waals surface area contributed by atoms with Crippen molar-refractivity contribution in [1.29, 1.82) is 0 Å². The van der Waals surface area contributed by atoms with E-state index in [1.54, 1.807) is 30.3 Å². The maximum Gasteiger partial charge on any atom is 0.226 e. The summed E-state index contributed by atoms with van der Waals surface area (Å²) in [6, 6.07) is 8.35. The maximum atomic E-state index is 12.9. The van der Waals surface area contributed by atoms with Crippen LogP contribution in [0.15, 0.2) is 35.2 Å². The highest BCUT2D eigenvalue weighted by atomic mass is 32.2. The summed E-state index contributed by atoms with van der Waals surface area (Å²) in [4.78, 5) is 25.2. The fraction of sp³-hybridized carbons (Fsp3) is 0.652. The number of carbonyl (C=O) groups excluding carboxylic acids is 2. The van der Waals surface area contributed by atoms with Gasteiger partial charge in [0.05, 0.1) is 10.6 Å². The standard InChI is InChI=1S/C23H32N2O4S/c26-21(24-8-4-10-30(28,29)20-5-2-1-3-6-20)7-9-25-22(27)23-14-17-11-18(15-23)13-19(12-17)16-23/h1-3,5-6,17-19H,4,7-16H2,(H,24,26)(H,25,27). The predicted molar refractivity (Wildman–Crippen MR) is 114 cm³/mol. The van der Waals surface area contributed by atoms with Gasteiger partial charge in [-0.15, -0.1) is 0 Å². The molecule has 4 bridgehead atoms. The Morgan fingerprint density at radius 3 is 2.10 bits per heavy atom. The Labute approximate surface area is 179 Å². The summed E-state index contributed by atoms with van der Waals surface area (Å²) in [6.07, 6.45) is 7.55. The summed E-state index contributed by atoms with van der Waals surface area (Å²) < 4.78 is 24.5. The van der Waals surface area contributed by atoms with Crippen LogP contribution in [0.1, 0.15) is 51.4 Å². The van der Waals surface area contributed by atoms with Gasteiger partial charge in [-0.1, -0.05) is 18.2 Å². The number of hydrogen-bond acceptors (Lipinski definition) is 4. The van der Waals surface area contributed by atoms with E-state index in [2.05, 4.69) is 10.6 Å². The molecule has 0 radical (unpaired) electrons. The molecule has 0 atom stereocenters. The summed E-state index contributed by atoms with van der Waals surface area (Å²) in [5.74, 6) is 2.15. The number of nitrogens with one attached hydrogen (secondary N) is 2. The molecular formula is C23H32N2O4S. The highest BCUT2D eigenvalue weighted by molar-refractivity contribution is 7.91. The summed E-state index contributed by atoms with van der Waals surface area (Å²) in [5.41, 5.74) is -0.184. The van der Waals surface area contributed by atoms with Gasteiger partial charge in [-0.25, -0.2) is 8.42 Å². The monoisotopic (exact) mass is 432 g/mol. The zero-order chi connectivity index (χ0) is 21.2. The first kappa shape index (κ1) is 21.3. The van der Waals surface area contributed by atoms with E-state index in [0.717, 1.165) is 37.0 Å². The molecule has 0 heterocycles. The van der Waals surface area contributed by atoms with Crippen molar-refractivity contribution < 1.29 is 18.0 Å². The van der Waals surface area contributed by atoms with Crippen molar-refractivity contribution in [2.75, 3.05) is 18.8 Å². The van der Waals surface area contributed by atoms with E-state index in [1.165, 1.54) is 19.3 Å². The first-order chi connectivity index (χ1) is 14.4. The molecule has 0 aromatic heterocycles. The van der Waals surface area contributed by atoms with Gasteiger partial charge in [0.2, 0.25) is 11.8 Å². The molecule has 30 heavy (non-hydrogen) atoms. The average Bonchev–Trinajstić information content (AvgIpc) is 2.71. The normalized spacial score (nSPS) is 29.5. The molecule has 6 nitrogen and oxygen atoms in total. The van der Waals surface area contributed by atoms with Crippen molar-refractivity contribution in [3.05, 3.63) is 30.3 Å². The van der Waals surface area contributed by atoms with E-state index in [-0.39, 0.29) is 29.4 Å². The quantitative estimate of drug-likeness (QED) is 0.587. The molecule has 4 aliphatic rings. The topological polar surface area (TPSA) is 92.3 Å². The number of hydrogen-bond donors (Lipinski definition) is 2. The summed E-state index contributed by atoms with van der Waals surface area (Å²) in [5, 5.41) is 5.77. The second-order valence-corrected chi connectivity index (χ2v) is 11.6. The lowest BCUT2D eigenvalue weighted by Gasteiger charge is -2.55. The van der Waals surface area contributed by atoms with E-state index in [9.17, 15) is 18.0 Å². The Bertz CT molecular complexity index is 846. The molecule has 0 aliphatic heterocycles. The molecule has 0 unspecified atom stereocenters. The van der Waals surface area contributed by atoms with Crippen LogP contribution in [0.2, 0.25) is 0 Å². The maximum absolute atomic E-state index is 12.9. The van der Waals surface area contributed by atoms with Crippen LogP contribution in [0.25, 0.3) is 0 Å². The van der Waals surface area contributed by atoms with Gasteiger partial charge < -0.3 is 10.6 Å². The van der Waals surface area contributed by atoms with Crippen molar-refractivity contribution in [3.63, 3.8) is 0 Å².